The first-order chi connectivity index (χ1) is 40.6. The highest BCUT2D eigenvalue weighted by molar-refractivity contribution is 7.26. The summed E-state index contributed by atoms with van der Waals surface area (Å²) in [4.78, 5) is 13.0. The van der Waals surface area contributed by atoms with Gasteiger partial charge in [-0.15, -0.1) is 11.3 Å². The van der Waals surface area contributed by atoms with Gasteiger partial charge in [0.1, 0.15) is 11.2 Å². The largest absolute Gasteiger partial charge is 0.456 e. The molecule has 3 aromatic heterocycles. The van der Waals surface area contributed by atoms with Gasteiger partial charge in [-0.3, -0.25) is 0 Å². The summed E-state index contributed by atoms with van der Waals surface area (Å²) >= 11 is 0.585. The second kappa shape index (κ2) is 13.3. The Kier molecular flexibility index (Phi) is 3.28. The number of benzene rings is 8. The summed E-state index contributed by atoms with van der Waals surface area (Å²) < 4.78 is 281. The summed E-state index contributed by atoms with van der Waals surface area (Å²) in [6, 6.07) is -28.0. The van der Waals surface area contributed by atoms with E-state index in [0.717, 1.165) is 0 Å². The van der Waals surface area contributed by atoms with E-state index in [9.17, 15) is 9.60 Å². The maximum Gasteiger partial charge on any atom is 0.164 e. The van der Waals surface area contributed by atoms with Gasteiger partial charge in [0.2, 0.25) is 0 Å². The minimum absolute atomic E-state index is 0.214. The molecule has 0 saturated heterocycles. The van der Waals surface area contributed by atoms with Crippen LogP contribution in [0.15, 0.2) is 192 Å². The van der Waals surface area contributed by atoms with Gasteiger partial charge >= 0.3 is 0 Å². The molecule has 0 unspecified atom stereocenters. The third-order valence-corrected chi connectivity index (χ3v) is 9.44. The Bertz CT molecular complexity index is 4990. The lowest BCUT2D eigenvalue weighted by Gasteiger charge is -2.10. The van der Waals surface area contributed by atoms with Crippen molar-refractivity contribution >= 4 is 53.4 Å². The highest BCUT2D eigenvalue weighted by Gasteiger charge is 2.20. The van der Waals surface area contributed by atoms with Crippen LogP contribution in [0.4, 0.5) is 0 Å². The van der Waals surface area contributed by atoms with Crippen LogP contribution in [0, 0.1) is 0 Å². The molecule has 0 atom stereocenters. The molecule has 0 amide bonds. The van der Waals surface area contributed by atoms with E-state index in [-0.39, 0.29) is 20.2 Å². The molecule has 0 aliphatic rings. The Morgan fingerprint density at radius 3 is 1.71 bits per heavy atom. The second-order valence-corrected chi connectivity index (χ2v) is 12.6. The van der Waals surface area contributed by atoms with Crippen molar-refractivity contribution in [1.82, 2.24) is 15.0 Å². The number of fused-ring (bicyclic) bond motifs is 6. The lowest BCUT2D eigenvalue weighted by molar-refractivity contribution is 0.669. The summed E-state index contributed by atoms with van der Waals surface area (Å²) in [5.74, 6) is -2.72. The Balaban J connectivity index is 1.30. The lowest BCUT2D eigenvalue weighted by atomic mass is 9.93. The average Bonchev–Trinajstić information content (AvgIpc) is 1.61. The molecule has 11 aromatic rings. The van der Waals surface area contributed by atoms with Gasteiger partial charge in [-0.25, -0.2) is 15.0 Å². The summed E-state index contributed by atoms with van der Waals surface area (Å²) in [7, 11) is 0. The third kappa shape index (κ3) is 5.56. The number of thiophene rings is 1. The highest BCUT2D eigenvalue weighted by Crippen LogP contribution is 2.46. The van der Waals surface area contributed by atoms with Crippen LogP contribution >= 0.6 is 11.3 Å². The molecule has 0 aliphatic carbocycles. The zero-order chi connectivity index (χ0) is 64.0. The van der Waals surface area contributed by atoms with Crippen LogP contribution in [0.5, 0.6) is 0 Å². The van der Waals surface area contributed by atoms with Crippen molar-refractivity contribution < 1.29 is 46.9 Å². The van der Waals surface area contributed by atoms with E-state index < -0.39 is 277 Å². The van der Waals surface area contributed by atoms with Crippen LogP contribution in [-0.4, -0.2) is 15.0 Å². The van der Waals surface area contributed by atoms with Gasteiger partial charge in [0.25, 0.3) is 0 Å². The maximum absolute atomic E-state index is 9.92. The zero-order valence-corrected chi connectivity index (χ0v) is 28.5. The Morgan fingerprint density at radius 1 is 0.375 bits per heavy atom. The van der Waals surface area contributed by atoms with E-state index in [1.807, 2.05) is 0 Å². The molecule has 262 valence electrons. The SMILES string of the molecule is [2H]c1c([2H])c([2H])c(-c2nc(-c3c([2H])c([2H])c([2H])c(-c4c([2H])c([2H])c([2H])c([2H])c4[2H])c3[2H])nc(-c3c([2H])c([2H])c4c(oc5c([2H])c([2H])c([2H])c(-c6c([2H])c(-c7c([2H])c([2H])c([2H])c([2H])c7[2H])c([2H])c7c6sc6c([2H])c([2H])c([2H])c([2H])c67)c54)c3[2H])n2)c([2H])c1[2H]. The molecule has 8 aromatic carbocycles. The second-order valence-electron chi connectivity index (χ2n) is 11.6. The molecule has 0 spiro atoms. The molecule has 5 heteroatoms. The number of rotatable bonds is 6. The molecular weight excluding hydrogens is 703 g/mol. The van der Waals surface area contributed by atoms with Crippen molar-refractivity contribution in [1.29, 1.82) is 0 Å². The molecule has 56 heavy (non-hydrogen) atoms. The van der Waals surface area contributed by atoms with E-state index in [4.69, 9.17) is 37.3 Å². The van der Waals surface area contributed by atoms with E-state index in [1.165, 1.54) is 0 Å². The van der Waals surface area contributed by atoms with Gasteiger partial charge in [-0.1, -0.05) is 145 Å². The fourth-order valence-electron chi connectivity index (χ4n) is 5.91. The van der Waals surface area contributed by atoms with Gasteiger partial charge < -0.3 is 4.42 Å². The molecule has 0 fully saturated rings. The number of hydrogen-bond donors (Lipinski definition) is 0. The minimum atomic E-state index is -1.04. The minimum Gasteiger partial charge on any atom is -0.456 e. The van der Waals surface area contributed by atoms with Crippen LogP contribution in [-0.2, 0) is 0 Å². The molecule has 11 rings (SSSR count). The van der Waals surface area contributed by atoms with Crippen molar-refractivity contribution in [2.24, 2.45) is 0 Å². The Hall–Kier alpha value is -7.21. The number of nitrogens with zero attached hydrogens (tertiary/aromatic N) is 3. The molecular formula is C51H31N3OS. The van der Waals surface area contributed by atoms with E-state index in [2.05, 4.69) is 15.0 Å². The van der Waals surface area contributed by atoms with Crippen molar-refractivity contribution in [3.05, 3.63) is 187 Å². The first-order valence-corrected chi connectivity index (χ1v) is 17.0. The Morgan fingerprint density at radius 2 is 0.964 bits per heavy atom. The lowest BCUT2D eigenvalue weighted by Crippen LogP contribution is -2.00. The monoisotopic (exact) mass is 764 g/mol. The van der Waals surface area contributed by atoms with Gasteiger partial charge in [0.05, 0.1) is 42.5 Å². The van der Waals surface area contributed by atoms with Crippen LogP contribution in [0.3, 0.4) is 0 Å². The quantitative estimate of drug-likeness (QED) is 0.169. The normalized spacial score (nSPS) is 19.3. The summed E-state index contributed by atoms with van der Waals surface area (Å²) in [5, 5.41) is -1.85. The predicted octanol–water partition coefficient (Wildman–Crippen LogP) is 14.1. The first-order valence-electron chi connectivity index (χ1n) is 31.7. The smallest absolute Gasteiger partial charge is 0.164 e. The molecule has 3 heterocycles. The maximum atomic E-state index is 9.92. The van der Waals surface area contributed by atoms with Gasteiger partial charge in [-0.05, 0) is 70.1 Å². The molecule has 0 N–H and O–H groups in total. The van der Waals surface area contributed by atoms with Crippen molar-refractivity contribution in [3.8, 4) is 67.5 Å². The fourth-order valence-corrected chi connectivity index (χ4v) is 6.98. The predicted molar refractivity (Wildman–Crippen MR) is 233 cm³/mol. The standard InChI is InChI=1S/C51H31N3OS/c1-4-14-32(15-5-1)35-20-12-21-36(28-35)50-52-49(34-18-8-3-9-19-34)53-51(54-50)37-26-27-41-45(31-37)55-44-24-13-23-40(47(41)44)43-30-38(33-16-6-2-7-17-33)29-42-39-22-10-11-25-46(39)56-48(42)43/h1-31H/i1D,2D,3D,4D,5D,6D,7D,8D,9D,10D,11D,12D,13D,14D,15D,16D,17D,18D,19D,20D,21D,22D,23D,24D,25D,26D,27D,28D,29D,30D,31D. The van der Waals surface area contributed by atoms with Crippen LogP contribution in [0.2, 0.25) is 0 Å². The van der Waals surface area contributed by atoms with Crippen molar-refractivity contribution in [3.63, 3.8) is 0 Å². The molecule has 0 aliphatic heterocycles. The fraction of sp³-hybridized carbons (Fsp3) is 0. The van der Waals surface area contributed by atoms with Crippen molar-refractivity contribution in [2.45, 2.75) is 0 Å². The summed E-state index contributed by atoms with van der Waals surface area (Å²) in [6.45, 7) is 0. The van der Waals surface area contributed by atoms with E-state index in [0.29, 0.717) is 11.3 Å². The molecule has 0 bridgehead atoms. The number of furan rings is 1. The number of hydrogen-bond acceptors (Lipinski definition) is 5. The zero-order valence-electron chi connectivity index (χ0n) is 58.7. The highest BCUT2D eigenvalue weighted by atomic mass is 32.1. The van der Waals surface area contributed by atoms with Crippen LogP contribution in [0.1, 0.15) is 42.5 Å². The molecule has 4 nitrogen and oxygen atoms in total. The summed E-state index contributed by atoms with van der Waals surface area (Å²) in [5.41, 5.74) is -8.12. The van der Waals surface area contributed by atoms with E-state index in [1.54, 1.807) is 0 Å². The average molecular weight is 765 g/mol. The van der Waals surface area contributed by atoms with Gasteiger partial charge in [-0.2, -0.15) is 0 Å². The topological polar surface area (TPSA) is 51.8 Å². The first kappa shape index (κ1) is 13.8. The van der Waals surface area contributed by atoms with Crippen molar-refractivity contribution in [2.75, 3.05) is 0 Å². The van der Waals surface area contributed by atoms with Crippen LogP contribution < -0.4 is 0 Å². The van der Waals surface area contributed by atoms with Gasteiger partial charge in [0.15, 0.2) is 17.5 Å². The molecule has 0 saturated carbocycles. The van der Waals surface area contributed by atoms with Crippen LogP contribution in [0.25, 0.3) is 110 Å². The van der Waals surface area contributed by atoms with E-state index >= 15 is 0 Å². The summed E-state index contributed by atoms with van der Waals surface area (Å²) in [6.07, 6.45) is 0. The third-order valence-electron chi connectivity index (χ3n) is 8.32. The molecule has 0 radical (unpaired) electrons. The number of aromatic nitrogens is 3. The Labute approximate surface area is 370 Å². The van der Waals surface area contributed by atoms with Gasteiger partial charge in [0, 0.05) is 53.2 Å².